The summed E-state index contributed by atoms with van der Waals surface area (Å²) in [5.41, 5.74) is 4.65. The number of likely N-dealkylation sites (tertiary alicyclic amines) is 1. The topological polar surface area (TPSA) is 79.3 Å². The van der Waals surface area contributed by atoms with Gasteiger partial charge in [-0.2, -0.15) is 0 Å². The number of hydrogen-bond acceptors (Lipinski definition) is 6. The Kier molecular flexibility index (Phi) is 7.28. The van der Waals surface area contributed by atoms with E-state index in [0.717, 1.165) is 29.8 Å². The first-order valence-corrected chi connectivity index (χ1v) is 15.9. The summed E-state index contributed by atoms with van der Waals surface area (Å²) in [5, 5.41) is 9.62. The summed E-state index contributed by atoms with van der Waals surface area (Å²) < 4.78 is 13.5. The van der Waals surface area contributed by atoms with E-state index in [4.69, 9.17) is 9.47 Å². The van der Waals surface area contributed by atoms with Crippen molar-refractivity contribution < 1.29 is 24.2 Å². The molecule has 7 nitrogen and oxygen atoms in total. The van der Waals surface area contributed by atoms with Crippen molar-refractivity contribution in [3.8, 4) is 0 Å². The average Bonchev–Trinajstić information content (AvgIpc) is 3.40. The molecule has 7 rings (SSSR count). The van der Waals surface area contributed by atoms with Crippen molar-refractivity contribution in [2.24, 2.45) is 16.7 Å². The molecule has 6 unspecified atom stereocenters. The van der Waals surface area contributed by atoms with Crippen molar-refractivity contribution in [3.05, 3.63) is 101 Å². The van der Waals surface area contributed by atoms with Crippen molar-refractivity contribution in [2.45, 2.75) is 78.1 Å². The number of imide groups is 1. The number of aliphatic hydroxyl groups excluding tert-OH is 1. The van der Waals surface area contributed by atoms with E-state index < -0.39 is 6.29 Å². The molecule has 0 spiro atoms. The highest BCUT2D eigenvalue weighted by Gasteiger charge is 2.51. The van der Waals surface area contributed by atoms with Crippen LogP contribution < -0.4 is 4.90 Å². The van der Waals surface area contributed by atoms with Gasteiger partial charge in [-0.05, 0) is 65.5 Å². The van der Waals surface area contributed by atoms with Gasteiger partial charge < -0.3 is 14.6 Å². The highest BCUT2D eigenvalue weighted by molar-refractivity contribution is 6.34. The Morgan fingerprint density at radius 3 is 2.25 bits per heavy atom. The number of carbonyl (C=O) groups is 2. The van der Waals surface area contributed by atoms with Gasteiger partial charge in [0.05, 0.1) is 35.6 Å². The lowest BCUT2D eigenvalue weighted by atomic mass is 9.65. The summed E-state index contributed by atoms with van der Waals surface area (Å²) in [6.45, 7) is 11.3. The van der Waals surface area contributed by atoms with Crippen LogP contribution in [0.15, 0.2) is 72.8 Å². The van der Waals surface area contributed by atoms with Crippen LogP contribution in [0.25, 0.3) is 0 Å². The monoisotopic (exact) mass is 594 g/mol. The van der Waals surface area contributed by atoms with Gasteiger partial charge >= 0.3 is 0 Å². The van der Waals surface area contributed by atoms with E-state index in [9.17, 15) is 14.7 Å². The first-order chi connectivity index (χ1) is 21.0. The highest BCUT2D eigenvalue weighted by atomic mass is 16.7. The van der Waals surface area contributed by atoms with Gasteiger partial charge in [0.2, 0.25) is 0 Å². The molecule has 3 heterocycles. The predicted octanol–water partition coefficient (Wildman–Crippen LogP) is 6.67. The maximum atomic E-state index is 13.3. The third-order valence-electron chi connectivity index (χ3n) is 10.3. The van der Waals surface area contributed by atoms with Crippen molar-refractivity contribution in [1.82, 2.24) is 4.90 Å². The van der Waals surface area contributed by atoms with Gasteiger partial charge in [-0.3, -0.25) is 14.5 Å². The molecule has 6 atom stereocenters. The molecule has 44 heavy (non-hydrogen) atoms. The minimum atomic E-state index is -0.678. The summed E-state index contributed by atoms with van der Waals surface area (Å²) >= 11 is 0. The molecule has 7 heteroatoms. The van der Waals surface area contributed by atoms with Gasteiger partial charge in [0, 0.05) is 30.6 Å². The molecule has 230 valence electrons. The quantitative estimate of drug-likeness (QED) is 0.321. The molecule has 0 aromatic heterocycles. The zero-order valence-corrected chi connectivity index (χ0v) is 26.0. The maximum Gasteiger partial charge on any atom is 0.266 e. The fourth-order valence-electron chi connectivity index (χ4n) is 8.58. The van der Waals surface area contributed by atoms with Crippen LogP contribution in [0.4, 0.5) is 5.69 Å². The lowest BCUT2D eigenvalue weighted by molar-refractivity contribution is -0.276. The van der Waals surface area contributed by atoms with Gasteiger partial charge in [0.15, 0.2) is 6.29 Å². The van der Waals surface area contributed by atoms with Crippen LogP contribution in [-0.2, 0) is 16.1 Å². The number of anilines is 1. The Bertz CT molecular complexity index is 1550. The highest BCUT2D eigenvalue weighted by Crippen LogP contribution is 2.53. The van der Waals surface area contributed by atoms with E-state index >= 15 is 0 Å². The van der Waals surface area contributed by atoms with Crippen molar-refractivity contribution in [3.63, 3.8) is 0 Å². The number of hydrogen-bond donors (Lipinski definition) is 1. The first-order valence-electron chi connectivity index (χ1n) is 15.9. The first kappa shape index (κ1) is 29.4. The van der Waals surface area contributed by atoms with E-state index in [1.165, 1.54) is 24.2 Å². The number of carbonyl (C=O) groups excluding carboxylic acids is 2. The normalized spacial score (nSPS) is 31.4. The molecule has 3 aliphatic heterocycles. The van der Waals surface area contributed by atoms with E-state index in [2.05, 4.69) is 32.6 Å². The van der Waals surface area contributed by atoms with Crippen LogP contribution >= 0.6 is 0 Å². The maximum absolute atomic E-state index is 13.3. The van der Waals surface area contributed by atoms with Crippen molar-refractivity contribution >= 4 is 17.5 Å². The Morgan fingerprint density at radius 2 is 1.57 bits per heavy atom. The van der Waals surface area contributed by atoms with Crippen LogP contribution in [0.5, 0.6) is 0 Å². The van der Waals surface area contributed by atoms with E-state index in [1.807, 2.05) is 42.5 Å². The van der Waals surface area contributed by atoms with E-state index in [-0.39, 0.29) is 36.5 Å². The number of rotatable bonds is 6. The van der Waals surface area contributed by atoms with Crippen molar-refractivity contribution in [2.75, 3.05) is 18.0 Å². The van der Waals surface area contributed by atoms with Crippen molar-refractivity contribution in [1.29, 1.82) is 0 Å². The van der Waals surface area contributed by atoms with Crippen LogP contribution in [0.1, 0.15) is 96.8 Å². The van der Waals surface area contributed by atoms with E-state index in [0.29, 0.717) is 33.7 Å². The Labute approximate surface area is 259 Å². The molecule has 3 aromatic rings. The number of fused-ring (bicyclic) bond motifs is 3. The summed E-state index contributed by atoms with van der Waals surface area (Å²) in [4.78, 5) is 30.4. The number of ether oxygens (including phenoxy) is 2. The molecule has 3 aromatic carbocycles. The largest absolute Gasteiger partial charge is 0.392 e. The molecule has 1 saturated carbocycles. The summed E-state index contributed by atoms with van der Waals surface area (Å²) in [6.07, 6.45) is 2.66. The zero-order chi connectivity index (χ0) is 30.8. The zero-order valence-electron chi connectivity index (χ0n) is 26.0. The predicted molar refractivity (Wildman–Crippen MR) is 168 cm³/mol. The number of aliphatic hydroxyl groups is 1. The lowest BCUT2D eigenvalue weighted by Gasteiger charge is -2.43. The third-order valence-corrected chi connectivity index (χ3v) is 10.3. The van der Waals surface area contributed by atoms with E-state index in [1.54, 1.807) is 30.3 Å². The summed E-state index contributed by atoms with van der Waals surface area (Å²) in [7, 11) is 0. The molecule has 1 N–H and O–H groups in total. The fraction of sp³-hybridized carbons (Fsp3) is 0.459. The van der Waals surface area contributed by atoms with Crippen LogP contribution in [-0.4, -0.2) is 47.1 Å². The van der Waals surface area contributed by atoms with Gasteiger partial charge in [-0.15, -0.1) is 0 Å². The number of benzene rings is 3. The molecule has 2 amide bonds. The molecular weight excluding hydrogens is 552 g/mol. The molecular formula is C37H42N2O5. The lowest BCUT2D eigenvalue weighted by Crippen LogP contribution is -2.46. The minimum Gasteiger partial charge on any atom is -0.392 e. The molecule has 4 aliphatic rings. The van der Waals surface area contributed by atoms with Crippen LogP contribution in [0, 0.1) is 16.7 Å². The third kappa shape index (κ3) is 5.20. The Hall–Kier alpha value is -3.36. The van der Waals surface area contributed by atoms with Gasteiger partial charge in [0.1, 0.15) is 0 Å². The second kappa shape index (κ2) is 10.9. The molecule has 2 saturated heterocycles. The standard InChI is InChI=1S/C37H42N2O5/c1-23-31(19-38-22-37(4)18-28(38)17-36(2,3)21-37)43-35(44-32(23)25-14-12-24(20-40)13-15-25)26-8-7-9-27(16-26)39-33(41)29-10-5-6-11-30(29)34(39)42/h5-16,23,28,31-32,35,40H,17-22H2,1-4H3. The van der Waals surface area contributed by atoms with Crippen LogP contribution in [0.3, 0.4) is 0 Å². The molecule has 3 fully saturated rings. The summed E-state index contributed by atoms with van der Waals surface area (Å²) in [5.74, 6) is -0.566. The van der Waals surface area contributed by atoms with Crippen LogP contribution in [0.2, 0.25) is 0 Å². The number of amides is 2. The average molecular weight is 595 g/mol. The van der Waals surface area contributed by atoms with Gasteiger partial charge in [-0.1, -0.05) is 76.2 Å². The minimum absolute atomic E-state index is 0.00815. The number of nitrogens with zero attached hydrogens (tertiary/aromatic N) is 2. The summed E-state index contributed by atoms with van der Waals surface area (Å²) in [6, 6.07) is 22.9. The molecule has 2 bridgehead atoms. The SMILES string of the molecule is CC1C(CN2CC3(C)CC2CC(C)(C)C3)OC(c2cccc(N3C(=O)c4ccccc4C3=O)c2)OC1c1ccc(CO)cc1. The molecule has 0 radical (unpaired) electrons. The smallest absolute Gasteiger partial charge is 0.266 e. The Morgan fingerprint density at radius 1 is 0.864 bits per heavy atom. The van der Waals surface area contributed by atoms with Gasteiger partial charge in [-0.25, -0.2) is 4.90 Å². The molecule has 1 aliphatic carbocycles. The Balaban J connectivity index is 1.19. The van der Waals surface area contributed by atoms with Gasteiger partial charge in [0.25, 0.3) is 11.8 Å². The second-order valence-electron chi connectivity index (χ2n) is 14.6. The second-order valence-corrected chi connectivity index (χ2v) is 14.6. The fourth-order valence-corrected chi connectivity index (χ4v) is 8.58.